The second-order valence-electron chi connectivity index (χ2n) is 3.23. The van der Waals surface area contributed by atoms with Crippen molar-refractivity contribution in [3.63, 3.8) is 0 Å². The highest BCUT2D eigenvalue weighted by Gasteiger charge is 2.24. The summed E-state index contributed by atoms with van der Waals surface area (Å²) >= 11 is 0. The summed E-state index contributed by atoms with van der Waals surface area (Å²) < 4.78 is 18.2. The van der Waals surface area contributed by atoms with Crippen molar-refractivity contribution in [2.24, 2.45) is 0 Å². The highest BCUT2D eigenvalue weighted by Crippen LogP contribution is 2.29. The van der Waals surface area contributed by atoms with Crippen LogP contribution in [-0.4, -0.2) is 6.10 Å². The van der Waals surface area contributed by atoms with Crippen LogP contribution in [0.1, 0.15) is 18.4 Å². The van der Waals surface area contributed by atoms with Crippen LogP contribution in [0, 0.1) is 12.7 Å². The minimum absolute atomic E-state index is 0.226. The molecule has 12 heavy (non-hydrogen) atoms. The highest BCUT2D eigenvalue weighted by molar-refractivity contribution is 5.33. The van der Waals surface area contributed by atoms with Gasteiger partial charge in [0.2, 0.25) is 0 Å². The Balaban J connectivity index is 2.21. The Morgan fingerprint density at radius 1 is 1.42 bits per heavy atom. The first-order valence-corrected chi connectivity index (χ1v) is 4.18. The molecule has 0 bridgehead atoms. The van der Waals surface area contributed by atoms with E-state index < -0.39 is 0 Å². The molecule has 0 heterocycles. The predicted octanol–water partition coefficient (Wildman–Crippen LogP) is 2.68. The topological polar surface area (TPSA) is 9.23 Å². The maximum atomic E-state index is 12.7. The van der Waals surface area contributed by atoms with Gasteiger partial charge in [0.05, 0.1) is 6.10 Å². The summed E-state index contributed by atoms with van der Waals surface area (Å²) in [6.07, 6.45) is 2.55. The van der Waals surface area contributed by atoms with E-state index in [9.17, 15) is 4.39 Å². The first-order chi connectivity index (χ1) is 5.75. The number of ether oxygens (including phenoxy) is 1. The van der Waals surface area contributed by atoms with Gasteiger partial charge in [-0.25, -0.2) is 4.39 Å². The van der Waals surface area contributed by atoms with Gasteiger partial charge in [0.15, 0.2) is 0 Å². The molecule has 1 fully saturated rings. The molecule has 0 aliphatic heterocycles. The first-order valence-electron chi connectivity index (χ1n) is 4.18. The summed E-state index contributed by atoms with van der Waals surface area (Å²) in [4.78, 5) is 0. The Morgan fingerprint density at radius 2 is 2.17 bits per heavy atom. The minimum Gasteiger partial charge on any atom is -0.490 e. The summed E-state index contributed by atoms with van der Waals surface area (Å²) in [5.41, 5.74) is 1.00. The van der Waals surface area contributed by atoms with Gasteiger partial charge in [-0.3, -0.25) is 0 Å². The van der Waals surface area contributed by atoms with Crippen LogP contribution in [0.3, 0.4) is 0 Å². The molecule has 1 aromatic carbocycles. The maximum Gasteiger partial charge on any atom is 0.126 e. The molecular formula is C10H11FO. The average Bonchev–Trinajstić information content (AvgIpc) is 2.81. The van der Waals surface area contributed by atoms with E-state index >= 15 is 0 Å². The SMILES string of the molecule is Cc1ccc(F)cc1OC1CC1. The fourth-order valence-corrected chi connectivity index (χ4v) is 1.07. The highest BCUT2D eigenvalue weighted by atomic mass is 19.1. The molecule has 0 aromatic heterocycles. The Morgan fingerprint density at radius 3 is 2.83 bits per heavy atom. The number of hydrogen-bond acceptors (Lipinski definition) is 1. The number of benzene rings is 1. The van der Waals surface area contributed by atoms with Crippen molar-refractivity contribution in [2.45, 2.75) is 25.9 Å². The van der Waals surface area contributed by atoms with Gasteiger partial charge in [0.1, 0.15) is 11.6 Å². The molecule has 0 N–H and O–H groups in total. The van der Waals surface area contributed by atoms with Gasteiger partial charge in [0.25, 0.3) is 0 Å². The van der Waals surface area contributed by atoms with Crippen LogP contribution >= 0.6 is 0 Å². The van der Waals surface area contributed by atoms with Crippen LogP contribution in [0.4, 0.5) is 4.39 Å². The van der Waals surface area contributed by atoms with Crippen molar-refractivity contribution in [2.75, 3.05) is 0 Å². The van der Waals surface area contributed by atoms with Crippen molar-refractivity contribution < 1.29 is 9.13 Å². The Bertz CT molecular complexity index is 292. The normalized spacial score (nSPS) is 16.2. The predicted molar refractivity (Wildman–Crippen MR) is 44.8 cm³/mol. The van der Waals surface area contributed by atoms with Crippen molar-refractivity contribution >= 4 is 0 Å². The van der Waals surface area contributed by atoms with E-state index in [1.54, 1.807) is 6.07 Å². The monoisotopic (exact) mass is 166 g/mol. The molecular weight excluding hydrogens is 155 g/mol. The summed E-state index contributed by atoms with van der Waals surface area (Å²) in [5, 5.41) is 0. The lowest BCUT2D eigenvalue weighted by molar-refractivity contribution is 0.299. The van der Waals surface area contributed by atoms with Gasteiger partial charge in [-0.2, -0.15) is 0 Å². The molecule has 1 saturated carbocycles. The van der Waals surface area contributed by atoms with Crippen LogP contribution in [0.5, 0.6) is 5.75 Å². The van der Waals surface area contributed by atoms with Crippen LogP contribution in [0.2, 0.25) is 0 Å². The smallest absolute Gasteiger partial charge is 0.126 e. The van der Waals surface area contributed by atoms with Crippen LogP contribution in [0.25, 0.3) is 0 Å². The summed E-state index contributed by atoms with van der Waals surface area (Å²) in [5.74, 6) is 0.466. The van der Waals surface area contributed by atoms with Gasteiger partial charge in [0, 0.05) is 6.07 Å². The Labute approximate surface area is 71.2 Å². The van der Waals surface area contributed by atoms with Crippen molar-refractivity contribution in [1.29, 1.82) is 0 Å². The van der Waals surface area contributed by atoms with E-state index in [2.05, 4.69) is 0 Å². The molecule has 0 spiro atoms. The molecule has 1 nitrogen and oxygen atoms in total. The zero-order valence-corrected chi connectivity index (χ0v) is 7.01. The lowest BCUT2D eigenvalue weighted by Gasteiger charge is -2.06. The van der Waals surface area contributed by atoms with Crippen molar-refractivity contribution in [3.05, 3.63) is 29.6 Å². The molecule has 0 saturated heterocycles. The second kappa shape index (κ2) is 2.77. The maximum absolute atomic E-state index is 12.7. The van der Waals surface area contributed by atoms with Gasteiger partial charge in [-0.1, -0.05) is 6.07 Å². The second-order valence-corrected chi connectivity index (χ2v) is 3.23. The lowest BCUT2D eigenvalue weighted by atomic mass is 10.2. The lowest BCUT2D eigenvalue weighted by Crippen LogP contribution is -1.97. The van der Waals surface area contributed by atoms with E-state index in [0.29, 0.717) is 11.9 Å². The molecule has 0 radical (unpaired) electrons. The van der Waals surface area contributed by atoms with Crippen LogP contribution in [0.15, 0.2) is 18.2 Å². The summed E-state index contributed by atoms with van der Waals surface area (Å²) in [7, 11) is 0. The zero-order valence-electron chi connectivity index (χ0n) is 7.01. The molecule has 0 amide bonds. The van der Waals surface area contributed by atoms with Crippen LogP contribution < -0.4 is 4.74 Å². The molecule has 0 atom stereocenters. The first kappa shape index (κ1) is 7.59. The number of halogens is 1. The quantitative estimate of drug-likeness (QED) is 0.656. The van der Waals surface area contributed by atoms with Crippen LogP contribution in [-0.2, 0) is 0 Å². The number of hydrogen-bond donors (Lipinski definition) is 0. The Kier molecular flexibility index (Phi) is 1.75. The molecule has 2 heteroatoms. The third-order valence-electron chi connectivity index (χ3n) is 1.97. The van der Waals surface area contributed by atoms with Gasteiger partial charge >= 0.3 is 0 Å². The number of aryl methyl sites for hydroxylation is 1. The minimum atomic E-state index is -0.226. The molecule has 2 rings (SSSR count). The number of rotatable bonds is 2. The average molecular weight is 166 g/mol. The van der Waals surface area contributed by atoms with E-state index in [1.807, 2.05) is 6.92 Å². The van der Waals surface area contributed by atoms with Crippen molar-refractivity contribution in [3.8, 4) is 5.75 Å². The van der Waals surface area contributed by atoms with Gasteiger partial charge in [-0.05, 0) is 31.4 Å². The molecule has 1 aliphatic carbocycles. The van der Waals surface area contributed by atoms with E-state index in [1.165, 1.54) is 12.1 Å². The third-order valence-corrected chi connectivity index (χ3v) is 1.97. The zero-order chi connectivity index (χ0) is 8.55. The standard InChI is InChI=1S/C10H11FO/c1-7-2-3-8(11)6-10(7)12-9-4-5-9/h2-3,6,9H,4-5H2,1H3. The van der Waals surface area contributed by atoms with E-state index in [0.717, 1.165) is 18.4 Å². The fraction of sp³-hybridized carbons (Fsp3) is 0.400. The summed E-state index contributed by atoms with van der Waals surface area (Å²) in [6, 6.07) is 4.65. The molecule has 1 aromatic rings. The molecule has 0 unspecified atom stereocenters. The molecule has 64 valence electrons. The van der Waals surface area contributed by atoms with Gasteiger partial charge in [-0.15, -0.1) is 0 Å². The van der Waals surface area contributed by atoms with E-state index in [-0.39, 0.29) is 5.82 Å². The van der Waals surface area contributed by atoms with Crippen molar-refractivity contribution in [1.82, 2.24) is 0 Å². The van der Waals surface area contributed by atoms with Gasteiger partial charge < -0.3 is 4.74 Å². The van der Waals surface area contributed by atoms with E-state index in [4.69, 9.17) is 4.74 Å². The summed E-state index contributed by atoms with van der Waals surface area (Å²) in [6.45, 7) is 1.93. The fourth-order valence-electron chi connectivity index (χ4n) is 1.07. The molecule has 1 aliphatic rings. The Hall–Kier alpha value is -1.05. The third kappa shape index (κ3) is 1.58. The largest absolute Gasteiger partial charge is 0.490 e.